The maximum Gasteiger partial charge on any atom is 0.301 e. The summed E-state index contributed by atoms with van der Waals surface area (Å²) in [5.41, 5.74) is 0.926. The molecule has 0 saturated heterocycles. The maximum atomic E-state index is 10.9. The van der Waals surface area contributed by atoms with Crippen molar-refractivity contribution in [2.75, 3.05) is 12.0 Å². The number of nitro benzene ring substituents is 2. The van der Waals surface area contributed by atoms with Crippen LogP contribution in [-0.4, -0.2) is 61.4 Å². The van der Waals surface area contributed by atoms with Crippen molar-refractivity contribution in [1.29, 1.82) is 0 Å². The van der Waals surface area contributed by atoms with Crippen LogP contribution >= 0.6 is 0 Å². The van der Waals surface area contributed by atoms with Crippen LogP contribution in [0.3, 0.4) is 0 Å². The van der Waals surface area contributed by atoms with Gasteiger partial charge in [0.1, 0.15) is 24.0 Å². The van der Waals surface area contributed by atoms with Crippen LogP contribution in [0.4, 0.5) is 17.1 Å². The molecule has 0 fully saturated rings. The molecule has 23 heavy (non-hydrogen) atoms. The molecule has 126 valence electrons. The highest BCUT2D eigenvalue weighted by atomic mass is 16.6. The molecule has 0 aliphatic carbocycles. The predicted molar refractivity (Wildman–Crippen MR) is 77.0 cm³/mol. The molecule has 1 aromatic carbocycles. The normalized spacial score (nSPS) is 15.1. The molecule has 0 aliphatic heterocycles. The van der Waals surface area contributed by atoms with Crippen molar-refractivity contribution >= 4 is 23.3 Å². The van der Waals surface area contributed by atoms with Gasteiger partial charge in [-0.25, -0.2) is 0 Å². The summed E-state index contributed by atoms with van der Waals surface area (Å²) in [7, 11) is 0. The average Bonchev–Trinajstić information content (AvgIpc) is 2.52. The lowest BCUT2D eigenvalue weighted by atomic mass is 10.1. The van der Waals surface area contributed by atoms with Crippen molar-refractivity contribution < 1.29 is 30.3 Å². The van der Waals surface area contributed by atoms with Gasteiger partial charge in [-0.1, -0.05) is 0 Å². The Bertz CT molecular complexity index is 608. The van der Waals surface area contributed by atoms with E-state index < -0.39 is 46.1 Å². The highest BCUT2D eigenvalue weighted by molar-refractivity contribution is 5.69. The van der Waals surface area contributed by atoms with E-state index in [9.17, 15) is 30.4 Å². The van der Waals surface area contributed by atoms with Gasteiger partial charge in [0.2, 0.25) is 0 Å². The summed E-state index contributed by atoms with van der Waals surface area (Å²) >= 11 is 0. The number of benzene rings is 1. The maximum absolute atomic E-state index is 10.9. The zero-order valence-corrected chi connectivity index (χ0v) is 11.5. The van der Waals surface area contributed by atoms with E-state index in [1.165, 1.54) is 0 Å². The van der Waals surface area contributed by atoms with Crippen LogP contribution in [0.2, 0.25) is 0 Å². The number of anilines is 1. The van der Waals surface area contributed by atoms with Crippen molar-refractivity contribution in [3.05, 3.63) is 38.4 Å². The van der Waals surface area contributed by atoms with Gasteiger partial charge in [-0.3, -0.25) is 25.7 Å². The molecule has 5 N–H and O–H groups in total. The fraction of sp³-hybridized carbons (Fsp3) is 0.364. The van der Waals surface area contributed by atoms with Crippen LogP contribution in [0.1, 0.15) is 0 Å². The first-order chi connectivity index (χ1) is 10.8. The summed E-state index contributed by atoms with van der Waals surface area (Å²) < 4.78 is 0. The Morgan fingerprint density at radius 1 is 1.22 bits per heavy atom. The highest BCUT2D eigenvalue weighted by Crippen LogP contribution is 2.28. The zero-order valence-electron chi connectivity index (χ0n) is 11.5. The Morgan fingerprint density at radius 2 is 1.87 bits per heavy atom. The fourth-order valence-electron chi connectivity index (χ4n) is 1.49. The molecule has 1 aromatic rings. The lowest BCUT2D eigenvalue weighted by Crippen LogP contribution is -2.40. The highest BCUT2D eigenvalue weighted by Gasteiger charge is 2.23. The number of nitro groups is 2. The topological polar surface area (TPSA) is 192 Å². The second-order valence-electron chi connectivity index (χ2n) is 4.34. The van der Waals surface area contributed by atoms with Gasteiger partial charge in [0.05, 0.1) is 28.7 Å². The van der Waals surface area contributed by atoms with Gasteiger partial charge in [-0.15, -0.1) is 0 Å². The number of hydrogen-bond donors (Lipinski definition) is 5. The fourth-order valence-corrected chi connectivity index (χ4v) is 1.49. The largest absolute Gasteiger partial charge is 0.394 e. The summed E-state index contributed by atoms with van der Waals surface area (Å²) in [6.07, 6.45) is -4.21. The SMILES string of the molecule is O=[N+]([O-])c1ccc(N/N=C\C(O)C(O)C(O)CO)c([N+](=O)[O-])c1. The van der Waals surface area contributed by atoms with E-state index in [-0.39, 0.29) is 5.69 Å². The number of hydrogen-bond acceptors (Lipinski definition) is 10. The van der Waals surface area contributed by atoms with E-state index in [2.05, 4.69) is 10.5 Å². The van der Waals surface area contributed by atoms with E-state index in [0.717, 1.165) is 24.4 Å². The van der Waals surface area contributed by atoms with Crippen LogP contribution in [0.25, 0.3) is 0 Å². The molecular weight excluding hydrogens is 316 g/mol. The second kappa shape index (κ2) is 8.09. The first kappa shape index (κ1) is 18.4. The Kier molecular flexibility index (Phi) is 6.47. The zero-order chi connectivity index (χ0) is 17.6. The molecule has 0 aromatic heterocycles. The van der Waals surface area contributed by atoms with Gasteiger partial charge in [-0.05, 0) is 6.07 Å². The Labute approximate surface area is 128 Å². The lowest BCUT2D eigenvalue weighted by molar-refractivity contribution is -0.393. The summed E-state index contributed by atoms with van der Waals surface area (Å²) in [5.74, 6) is 0. The number of aliphatic hydroxyl groups excluding tert-OH is 4. The quantitative estimate of drug-likeness (QED) is 0.225. The summed E-state index contributed by atoms with van der Waals surface area (Å²) in [5, 5.41) is 61.5. The van der Waals surface area contributed by atoms with Gasteiger partial charge in [0, 0.05) is 6.07 Å². The molecule has 0 radical (unpaired) electrons. The number of hydrazone groups is 1. The standard InChI is InChI=1S/C11H14N4O8/c16-5-10(18)11(19)9(17)4-12-13-7-2-1-6(14(20)21)3-8(7)15(22)23/h1-4,9-11,13,16-19H,5H2/b12-4-. The minimum atomic E-state index is -1.71. The summed E-state index contributed by atoms with van der Waals surface area (Å²) in [4.78, 5) is 19.8. The number of nitrogens with one attached hydrogen (secondary N) is 1. The second-order valence-corrected chi connectivity index (χ2v) is 4.34. The van der Waals surface area contributed by atoms with Crippen LogP contribution in [-0.2, 0) is 0 Å². The van der Waals surface area contributed by atoms with E-state index in [4.69, 9.17) is 10.2 Å². The molecular formula is C11H14N4O8. The Morgan fingerprint density at radius 3 is 2.39 bits per heavy atom. The van der Waals surface area contributed by atoms with Crippen molar-refractivity contribution in [2.24, 2.45) is 5.10 Å². The minimum absolute atomic E-state index is 0.179. The number of nitrogens with zero attached hydrogens (tertiary/aromatic N) is 3. The Balaban J connectivity index is 2.87. The van der Waals surface area contributed by atoms with E-state index >= 15 is 0 Å². The molecule has 12 heteroatoms. The minimum Gasteiger partial charge on any atom is -0.394 e. The molecule has 0 spiro atoms. The molecule has 1 rings (SSSR count). The molecule has 3 unspecified atom stereocenters. The van der Waals surface area contributed by atoms with Gasteiger partial charge < -0.3 is 20.4 Å². The summed E-state index contributed by atoms with van der Waals surface area (Å²) in [6.45, 7) is -0.784. The number of aliphatic hydroxyl groups is 4. The van der Waals surface area contributed by atoms with Crippen LogP contribution in [0, 0.1) is 20.2 Å². The van der Waals surface area contributed by atoms with Gasteiger partial charge in [0.25, 0.3) is 5.69 Å². The van der Waals surface area contributed by atoms with Crippen LogP contribution < -0.4 is 5.43 Å². The van der Waals surface area contributed by atoms with Gasteiger partial charge in [0.15, 0.2) is 0 Å². The molecule has 0 saturated carbocycles. The van der Waals surface area contributed by atoms with Gasteiger partial charge in [-0.2, -0.15) is 5.10 Å². The summed E-state index contributed by atoms with van der Waals surface area (Å²) in [6, 6.07) is 2.81. The first-order valence-corrected chi connectivity index (χ1v) is 6.15. The molecule has 0 heterocycles. The van der Waals surface area contributed by atoms with Crippen molar-refractivity contribution in [3.63, 3.8) is 0 Å². The number of non-ortho nitro benzene ring substituents is 1. The van der Waals surface area contributed by atoms with Gasteiger partial charge >= 0.3 is 5.69 Å². The average molecular weight is 330 g/mol. The van der Waals surface area contributed by atoms with E-state index in [1.807, 2.05) is 0 Å². The third-order valence-electron chi connectivity index (χ3n) is 2.73. The first-order valence-electron chi connectivity index (χ1n) is 6.15. The third kappa shape index (κ3) is 4.93. The molecule has 0 aliphatic rings. The third-order valence-corrected chi connectivity index (χ3v) is 2.73. The van der Waals surface area contributed by atoms with Crippen molar-refractivity contribution in [2.45, 2.75) is 18.3 Å². The van der Waals surface area contributed by atoms with Crippen LogP contribution in [0.5, 0.6) is 0 Å². The predicted octanol–water partition coefficient (Wildman–Crippen LogP) is -1.02. The van der Waals surface area contributed by atoms with E-state index in [0.29, 0.717) is 0 Å². The van der Waals surface area contributed by atoms with E-state index in [1.54, 1.807) is 0 Å². The molecule has 3 atom stereocenters. The number of rotatable bonds is 8. The monoisotopic (exact) mass is 330 g/mol. The lowest BCUT2D eigenvalue weighted by Gasteiger charge is -2.18. The Hall–Kier alpha value is -2.67. The molecule has 0 amide bonds. The smallest absolute Gasteiger partial charge is 0.301 e. The van der Waals surface area contributed by atoms with Crippen molar-refractivity contribution in [3.8, 4) is 0 Å². The van der Waals surface area contributed by atoms with Crippen LogP contribution in [0.15, 0.2) is 23.3 Å². The van der Waals surface area contributed by atoms with Crippen molar-refractivity contribution in [1.82, 2.24) is 0 Å². The molecule has 12 nitrogen and oxygen atoms in total. The molecule has 0 bridgehead atoms.